The molecule has 1 aromatic heterocycles. The zero-order valence-electron chi connectivity index (χ0n) is 11.0. The van der Waals surface area contributed by atoms with Crippen LogP contribution in [-0.4, -0.2) is 43.3 Å². The fourth-order valence-electron chi connectivity index (χ4n) is 2.22. The Morgan fingerprint density at radius 3 is 2.67 bits per heavy atom. The minimum Gasteiger partial charge on any atom is -0.448 e. The Hall–Kier alpha value is -0.550. The van der Waals surface area contributed by atoms with Gasteiger partial charge in [-0.25, -0.2) is 0 Å². The lowest BCUT2D eigenvalue weighted by atomic mass is 10.0. The second-order valence-corrected chi connectivity index (χ2v) is 5.59. The van der Waals surface area contributed by atoms with Crippen LogP contribution in [0.5, 0.6) is 0 Å². The van der Waals surface area contributed by atoms with Crippen LogP contribution in [0.15, 0.2) is 16.5 Å². The van der Waals surface area contributed by atoms with E-state index in [0.29, 0.717) is 11.8 Å². The van der Waals surface area contributed by atoms with Crippen molar-refractivity contribution >= 4 is 11.6 Å². The topological polar surface area (TPSA) is 37.6 Å². The molecule has 0 spiro atoms. The van der Waals surface area contributed by atoms with Crippen LogP contribution in [0.1, 0.15) is 19.6 Å². The first-order chi connectivity index (χ1) is 8.58. The Kier molecular flexibility index (Phi) is 4.67. The van der Waals surface area contributed by atoms with Gasteiger partial charge < -0.3 is 14.5 Å². The van der Waals surface area contributed by atoms with Crippen LogP contribution in [0.4, 0.5) is 0 Å². The highest BCUT2D eigenvalue weighted by Crippen LogP contribution is 2.16. The van der Waals surface area contributed by atoms with Crippen molar-refractivity contribution in [3.8, 4) is 0 Å². The SMILES string of the molecule is CC(C)(CNCc1ccc(Cl)o1)N1CCOCC1. The van der Waals surface area contributed by atoms with Gasteiger partial charge in [0.05, 0.1) is 19.8 Å². The van der Waals surface area contributed by atoms with Crippen LogP contribution < -0.4 is 5.32 Å². The van der Waals surface area contributed by atoms with Gasteiger partial charge in [-0.05, 0) is 37.6 Å². The summed E-state index contributed by atoms with van der Waals surface area (Å²) in [6.07, 6.45) is 0. The molecule has 2 heterocycles. The molecule has 1 aliphatic heterocycles. The Balaban J connectivity index is 1.77. The summed E-state index contributed by atoms with van der Waals surface area (Å²) in [5.74, 6) is 0.873. The number of nitrogens with zero attached hydrogens (tertiary/aromatic N) is 1. The lowest BCUT2D eigenvalue weighted by Gasteiger charge is -2.41. The monoisotopic (exact) mass is 272 g/mol. The molecule has 1 fully saturated rings. The molecule has 5 heteroatoms. The number of furan rings is 1. The van der Waals surface area contributed by atoms with Crippen LogP contribution in [0, 0.1) is 0 Å². The van der Waals surface area contributed by atoms with Crippen molar-refractivity contribution in [2.24, 2.45) is 0 Å². The van der Waals surface area contributed by atoms with E-state index in [1.807, 2.05) is 6.07 Å². The molecule has 1 N–H and O–H groups in total. The highest BCUT2D eigenvalue weighted by atomic mass is 35.5. The molecule has 0 amide bonds. The van der Waals surface area contributed by atoms with Crippen molar-refractivity contribution in [3.63, 3.8) is 0 Å². The van der Waals surface area contributed by atoms with Crippen molar-refractivity contribution in [1.82, 2.24) is 10.2 Å². The Morgan fingerprint density at radius 2 is 2.06 bits per heavy atom. The number of hydrogen-bond donors (Lipinski definition) is 1. The minimum absolute atomic E-state index is 0.125. The summed E-state index contributed by atoms with van der Waals surface area (Å²) in [6.45, 7) is 9.78. The highest BCUT2D eigenvalue weighted by molar-refractivity contribution is 6.28. The maximum Gasteiger partial charge on any atom is 0.193 e. The first-order valence-electron chi connectivity index (χ1n) is 6.36. The van der Waals surface area contributed by atoms with Gasteiger partial charge in [-0.3, -0.25) is 4.90 Å². The molecule has 1 saturated heterocycles. The second-order valence-electron chi connectivity index (χ2n) is 5.22. The van der Waals surface area contributed by atoms with Crippen LogP contribution in [0.2, 0.25) is 5.22 Å². The predicted octanol–water partition coefficient (Wildman–Crippen LogP) is 2.13. The highest BCUT2D eigenvalue weighted by Gasteiger charge is 2.27. The van der Waals surface area contributed by atoms with E-state index in [9.17, 15) is 0 Å². The van der Waals surface area contributed by atoms with Crippen molar-refractivity contribution in [2.45, 2.75) is 25.9 Å². The van der Waals surface area contributed by atoms with Crippen molar-refractivity contribution in [2.75, 3.05) is 32.8 Å². The molecule has 0 unspecified atom stereocenters. The molecule has 0 atom stereocenters. The number of morpholine rings is 1. The summed E-state index contributed by atoms with van der Waals surface area (Å²) < 4.78 is 10.7. The van der Waals surface area contributed by atoms with E-state index in [1.54, 1.807) is 6.07 Å². The zero-order valence-corrected chi connectivity index (χ0v) is 11.8. The molecule has 0 bridgehead atoms. The van der Waals surface area contributed by atoms with E-state index in [1.165, 1.54) is 0 Å². The van der Waals surface area contributed by atoms with E-state index in [2.05, 4.69) is 24.1 Å². The average molecular weight is 273 g/mol. The normalized spacial score (nSPS) is 18.2. The molecule has 0 radical (unpaired) electrons. The van der Waals surface area contributed by atoms with Gasteiger partial charge in [-0.15, -0.1) is 0 Å². The maximum absolute atomic E-state index is 5.73. The van der Waals surface area contributed by atoms with E-state index in [-0.39, 0.29) is 5.54 Å². The summed E-state index contributed by atoms with van der Waals surface area (Å²) >= 11 is 5.73. The number of nitrogens with one attached hydrogen (secondary N) is 1. The third-order valence-electron chi connectivity index (χ3n) is 3.35. The van der Waals surface area contributed by atoms with E-state index in [0.717, 1.165) is 38.6 Å². The Morgan fingerprint density at radius 1 is 1.33 bits per heavy atom. The Labute approximate surface area is 113 Å². The van der Waals surface area contributed by atoms with E-state index in [4.69, 9.17) is 20.8 Å². The van der Waals surface area contributed by atoms with Crippen molar-refractivity contribution in [1.29, 1.82) is 0 Å². The van der Waals surface area contributed by atoms with Gasteiger partial charge >= 0.3 is 0 Å². The van der Waals surface area contributed by atoms with Crippen LogP contribution in [0.25, 0.3) is 0 Å². The molecule has 1 aromatic rings. The van der Waals surface area contributed by atoms with Crippen LogP contribution in [-0.2, 0) is 11.3 Å². The van der Waals surface area contributed by atoms with Gasteiger partial charge in [-0.2, -0.15) is 0 Å². The van der Waals surface area contributed by atoms with Gasteiger partial charge in [0.2, 0.25) is 0 Å². The molecule has 1 aliphatic rings. The molecule has 18 heavy (non-hydrogen) atoms. The molecule has 2 rings (SSSR count). The zero-order chi connectivity index (χ0) is 13.0. The first kappa shape index (κ1) is 13.9. The molecular weight excluding hydrogens is 252 g/mol. The quantitative estimate of drug-likeness (QED) is 0.891. The molecule has 0 saturated carbocycles. The summed E-state index contributed by atoms with van der Waals surface area (Å²) in [7, 11) is 0. The van der Waals surface area contributed by atoms with Gasteiger partial charge in [0, 0.05) is 25.2 Å². The molecular formula is C13H21ClN2O2. The largest absolute Gasteiger partial charge is 0.448 e. The fourth-order valence-corrected chi connectivity index (χ4v) is 2.38. The van der Waals surface area contributed by atoms with Gasteiger partial charge in [-0.1, -0.05) is 0 Å². The van der Waals surface area contributed by atoms with Gasteiger partial charge in [0.15, 0.2) is 5.22 Å². The van der Waals surface area contributed by atoms with Gasteiger partial charge in [0.1, 0.15) is 5.76 Å². The van der Waals surface area contributed by atoms with Crippen LogP contribution in [0.3, 0.4) is 0 Å². The molecule has 0 aromatic carbocycles. The predicted molar refractivity (Wildman–Crippen MR) is 71.9 cm³/mol. The molecule has 0 aliphatic carbocycles. The van der Waals surface area contributed by atoms with Crippen LogP contribution >= 0.6 is 11.6 Å². The molecule has 4 nitrogen and oxygen atoms in total. The minimum atomic E-state index is 0.125. The maximum atomic E-state index is 5.73. The van der Waals surface area contributed by atoms with E-state index < -0.39 is 0 Å². The fraction of sp³-hybridized carbons (Fsp3) is 0.692. The van der Waals surface area contributed by atoms with E-state index >= 15 is 0 Å². The third-order valence-corrected chi connectivity index (χ3v) is 3.56. The number of ether oxygens (including phenoxy) is 1. The summed E-state index contributed by atoms with van der Waals surface area (Å²) in [5.41, 5.74) is 0.125. The Bertz CT molecular complexity index is 373. The van der Waals surface area contributed by atoms with Crippen molar-refractivity contribution < 1.29 is 9.15 Å². The lowest BCUT2D eigenvalue weighted by molar-refractivity contribution is -0.00976. The number of halogens is 1. The summed E-state index contributed by atoms with van der Waals surface area (Å²) in [4.78, 5) is 2.46. The molecule has 102 valence electrons. The summed E-state index contributed by atoms with van der Waals surface area (Å²) in [6, 6.07) is 3.67. The number of hydrogen-bond acceptors (Lipinski definition) is 4. The smallest absolute Gasteiger partial charge is 0.193 e. The third kappa shape index (κ3) is 3.72. The standard InChI is InChI=1S/C13H21ClN2O2/c1-13(2,16-5-7-17-8-6-16)10-15-9-11-3-4-12(14)18-11/h3-4,15H,5-10H2,1-2H3. The summed E-state index contributed by atoms with van der Waals surface area (Å²) in [5, 5.41) is 3.86. The number of rotatable bonds is 5. The first-order valence-corrected chi connectivity index (χ1v) is 6.73. The van der Waals surface area contributed by atoms with Crippen molar-refractivity contribution in [3.05, 3.63) is 23.1 Å². The lowest BCUT2D eigenvalue weighted by Crippen LogP contribution is -2.54. The average Bonchev–Trinajstić information content (AvgIpc) is 2.76. The second kappa shape index (κ2) is 6.06. The van der Waals surface area contributed by atoms with Gasteiger partial charge in [0.25, 0.3) is 0 Å².